The Balaban J connectivity index is 1.56. The smallest absolute Gasteiger partial charge is 0.251 e. The van der Waals surface area contributed by atoms with Crippen LogP contribution in [0.15, 0.2) is 66.7 Å². The number of carbonyl (C=O) groups is 3. The number of nitrogens with one attached hydrogen (secondary N) is 3. The van der Waals surface area contributed by atoms with Crippen LogP contribution in [-0.2, 0) is 11.2 Å². The predicted octanol–water partition coefficient (Wildman–Crippen LogP) is 3.00. The van der Waals surface area contributed by atoms with Crippen LogP contribution in [0.25, 0.3) is 0 Å². The summed E-state index contributed by atoms with van der Waals surface area (Å²) in [5.74, 6) is 0.777. The van der Waals surface area contributed by atoms with Crippen LogP contribution in [0.2, 0.25) is 0 Å². The van der Waals surface area contributed by atoms with E-state index in [2.05, 4.69) is 16.0 Å². The van der Waals surface area contributed by atoms with Crippen LogP contribution < -0.4 is 34.9 Å². The number of benzene rings is 3. The molecule has 0 saturated carbocycles. The van der Waals surface area contributed by atoms with Gasteiger partial charge in [0, 0.05) is 30.6 Å². The van der Waals surface area contributed by atoms with Gasteiger partial charge in [-0.15, -0.1) is 0 Å². The van der Waals surface area contributed by atoms with E-state index in [0.29, 0.717) is 60.1 Å². The largest absolute Gasteiger partial charge is 0.497 e. The normalized spacial score (nSPS) is 11.1. The van der Waals surface area contributed by atoms with Gasteiger partial charge in [-0.1, -0.05) is 30.3 Å². The van der Waals surface area contributed by atoms with E-state index in [1.807, 2.05) is 30.3 Å². The molecule has 3 amide bonds. The Hall–Kier alpha value is -4.73. The van der Waals surface area contributed by atoms with Crippen molar-refractivity contribution in [1.82, 2.24) is 16.0 Å². The van der Waals surface area contributed by atoms with Gasteiger partial charge >= 0.3 is 0 Å². The molecule has 0 bridgehead atoms. The van der Waals surface area contributed by atoms with Gasteiger partial charge in [0.1, 0.15) is 11.8 Å². The second kappa shape index (κ2) is 15.0. The molecule has 0 spiro atoms. The van der Waals surface area contributed by atoms with Gasteiger partial charge in [-0.25, -0.2) is 0 Å². The molecule has 1 atom stereocenters. The van der Waals surface area contributed by atoms with E-state index in [9.17, 15) is 14.4 Å². The van der Waals surface area contributed by atoms with Crippen molar-refractivity contribution >= 4 is 17.7 Å². The topological polar surface area (TPSA) is 124 Å². The molecule has 212 valence electrons. The number of methoxy groups -OCH3 is 4. The highest BCUT2D eigenvalue weighted by molar-refractivity contribution is 5.98. The van der Waals surface area contributed by atoms with Gasteiger partial charge < -0.3 is 34.9 Å². The first kappa shape index (κ1) is 29.8. The molecule has 0 saturated heterocycles. The van der Waals surface area contributed by atoms with Crippen molar-refractivity contribution in [3.05, 3.63) is 83.4 Å². The summed E-state index contributed by atoms with van der Waals surface area (Å²) in [7, 11) is 6.00. The summed E-state index contributed by atoms with van der Waals surface area (Å²) in [6.07, 6.45) is 0.804. The fourth-order valence-corrected chi connectivity index (χ4v) is 3.98. The number of rotatable bonds is 14. The summed E-state index contributed by atoms with van der Waals surface area (Å²) in [5, 5.41) is 8.52. The molecule has 3 N–H and O–H groups in total. The molecular weight excluding hydrogens is 514 g/mol. The van der Waals surface area contributed by atoms with Gasteiger partial charge in [0.2, 0.25) is 11.7 Å². The molecule has 1 unspecified atom stereocenters. The zero-order valence-corrected chi connectivity index (χ0v) is 23.1. The summed E-state index contributed by atoms with van der Waals surface area (Å²) >= 11 is 0. The van der Waals surface area contributed by atoms with E-state index in [1.165, 1.54) is 21.3 Å². The number of carbonyl (C=O) groups excluding carboxylic acids is 3. The molecule has 0 radical (unpaired) electrons. The van der Waals surface area contributed by atoms with Crippen molar-refractivity contribution in [2.24, 2.45) is 0 Å². The molecule has 3 rings (SSSR count). The lowest BCUT2D eigenvalue weighted by molar-refractivity contribution is -0.122. The lowest BCUT2D eigenvalue weighted by Crippen LogP contribution is -2.48. The summed E-state index contributed by atoms with van der Waals surface area (Å²) in [4.78, 5) is 38.6. The third-order valence-corrected chi connectivity index (χ3v) is 6.12. The zero-order chi connectivity index (χ0) is 28.9. The number of hydrogen-bond acceptors (Lipinski definition) is 7. The number of amides is 3. The minimum Gasteiger partial charge on any atom is -0.497 e. The van der Waals surface area contributed by atoms with Gasteiger partial charge in [-0.05, 0) is 48.4 Å². The Kier molecular flexibility index (Phi) is 11.2. The van der Waals surface area contributed by atoms with Gasteiger partial charge in [0.05, 0.1) is 28.4 Å². The van der Waals surface area contributed by atoms with Gasteiger partial charge in [-0.2, -0.15) is 0 Å². The molecule has 0 aromatic heterocycles. The van der Waals surface area contributed by atoms with E-state index in [1.54, 1.807) is 43.5 Å². The van der Waals surface area contributed by atoms with Gasteiger partial charge in [0.15, 0.2) is 11.5 Å². The molecule has 40 heavy (non-hydrogen) atoms. The van der Waals surface area contributed by atoms with Crippen molar-refractivity contribution in [2.45, 2.75) is 18.9 Å². The zero-order valence-electron chi connectivity index (χ0n) is 23.1. The standard InChI is InChI=1S/C30H35N3O7/c1-37-23-13-11-21(12-14-23)29(35)33-24(17-20-9-6-5-7-10-20)30(36)32-16-8-15-31-28(34)22-18-25(38-2)27(40-4)26(19-22)39-3/h5-7,9-14,18-19,24H,8,15-17H2,1-4H3,(H,31,34)(H,32,36)(H,33,35). The van der Waals surface area contributed by atoms with Crippen molar-refractivity contribution < 1.29 is 33.3 Å². The first-order valence-corrected chi connectivity index (χ1v) is 12.7. The van der Waals surface area contributed by atoms with Crippen molar-refractivity contribution in [3.8, 4) is 23.0 Å². The van der Waals surface area contributed by atoms with Gasteiger partial charge in [-0.3, -0.25) is 14.4 Å². The fraction of sp³-hybridized carbons (Fsp3) is 0.300. The second-order valence-electron chi connectivity index (χ2n) is 8.76. The van der Waals surface area contributed by atoms with Crippen LogP contribution in [0, 0.1) is 0 Å². The lowest BCUT2D eigenvalue weighted by atomic mass is 10.0. The summed E-state index contributed by atoms with van der Waals surface area (Å²) in [6, 6.07) is 18.5. The van der Waals surface area contributed by atoms with E-state index >= 15 is 0 Å². The Morgan fingerprint density at radius 2 is 1.32 bits per heavy atom. The van der Waals surface area contributed by atoms with Crippen LogP contribution in [0.4, 0.5) is 0 Å². The monoisotopic (exact) mass is 549 g/mol. The molecule has 10 nitrogen and oxygen atoms in total. The predicted molar refractivity (Wildman–Crippen MR) is 150 cm³/mol. The average Bonchev–Trinajstić information content (AvgIpc) is 2.99. The van der Waals surface area contributed by atoms with Crippen LogP contribution >= 0.6 is 0 Å². The molecule has 0 aliphatic rings. The maximum Gasteiger partial charge on any atom is 0.251 e. The minimum atomic E-state index is -0.786. The SMILES string of the molecule is COc1ccc(C(=O)NC(Cc2ccccc2)C(=O)NCCCNC(=O)c2cc(OC)c(OC)c(OC)c2)cc1. The molecule has 0 aliphatic carbocycles. The quantitative estimate of drug-likeness (QED) is 0.264. The molecule has 3 aromatic carbocycles. The molecule has 3 aromatic rings. The van der Waals surface area contributed by atoms with E-state index in [-0.39, 0.29) is 17.7 Å². The van der Waals surface area contributed by atoms with E-state index in [4.69, 9.17) is 18.9 Å². The van der Waals surface area contributed by atoms with Crippen molar-refractivity contribution in [1.29, 1.82) is 0 Å². The highest BCUT2D eigenvalue weighted by Gasteiger charge is 2.22. The number of ether oxygens (including phenoxy) is 4. The van der Waals surface area contributed by atoms with Crippen LogP contribution in [-0.4, -0.2) is 65.3 Å². The first-order valence-electron chi connectivity index (χ1n) is 12.7. The average molecular weight is 550 g/mol. The molecule has 10 heteroatoms. The first-order chi connectivity index (χ1) is 19.4. The van der Waals surface area contributed by atoms with E-state index < -0.39 is 6.04 Å². The third kappa shape index (κ3) is 8.13. The summed E-state index contributed by atoms with van der Waals surface area (Å²) in [5.41, 5.74) is 1.68. The van der Waals surface area contributed by atoms with Crippen LogP contribution in [0.3, 0.4) is 0 Å². The Bertz CT molecular complexity index is 1260. The fourth-order valence-electron chi connectivity index (χ4n) is 3.98. The van der Waals surface area contributed by atoms with Crippen molar-refractivity contribution in [2.75, 3.05) is 41.5 Å². The van der Waals surface area contributed by atoms with Crippen molar-refractivity contribution in [3.63, 3.8) is 0 Å². The highest BCUT2D eigenvalue weighted by atomic mass is 16.5. The Labute approximate surface area is 234 Å². The van der Waals surface area contributed by atoms with E-state index in [0.717, 1.165) is 5.56 Å². The second-order valence-corrected chi connectivity index (χ2v) is 8.76. The number of hydrogen-bond donors (Lipinski definition) is 3. The molecule has 0 fully saturated rings. The van der Waals surface area contributed by atoms with Gasteiger partial charge in [0.25, 0.3) is 11.8 Å². The summed E-state index contributed by atoms with van der Waals surface area (Å²) in [6.45, 7) is 0.620. The van der Waals surface area contributed by atoms with Crippen LogP contribution in [0.1, 0.15) is 32.7 Å². The maximum absolute atomic E-state index is 13.1. The third-order valence-electron chi connectivity index (χ3n) is 6.12. The molecule has 0 heterocycles. The summed E-state index contributed by atoms with van der Waals surface area (Å²) < 4.78 is 21.0. The lowest BCUT2D eigenvalue weighted by Gasteiger charge is -2.19. The maximum atomic E-state index is 13.1. The highest BCUT2D eigenvalue weighted by Crippen LogP contribution is 2.38. The molecular formula is C30H35N3O7. The Morgan fingerprint density at radius 3 is 1.90 bits per heavy atom. The van der Waals surface area contributed by atoms with Crippen LogP contribution in [0.5, 0.6) is 23.0 Å². The minimum absolute atomic E-state index is 0.304. The molecule has 0 aliphatic heterocycles. The Morgan fingerprint density at radius 1 is 0.700 bits per heavy atom.